The number of likely N-dealkylation sites (tertiary alicyclic amines) is 1. The first-order valence-electron chi connectivity index (χ1n) is 11.2. The largest absolute Gasteiger partial charge is 0.392 e. The van der Waals surface area contributed by atoms with Crippen LogP contribution >= 0.6 is 0 Å². The number of nitrogens with zero attached hydrogens (tertiary/aromatic N) is 2. The summed E-state index contributed by atoms with van der Waals surface area (Å²) in [5.41, 5.74) is 4.21. The highest BCUT2D eigenvalue weighted by atomic mass is 19.1. The standard InChI is InChI=1S/C27H26F2N2O2/c1-30(25(16-31-13-12-18(32)15-31)23-11-10-17(28)14-24(23)29)27(33)26-21-8-4-2-6-19(21)20-7-3-5-9-22(20)26/h2-11,14,18,25-26,32H,12-13,15-16H2,1H3/t18-,25+/m0/s1. The van der Waals surface area contributed by atoms with Gasteiger partial charge < -0.3 is 10.0 Å². The Kier molecular flexibility index (Phi) is 5.72. The van der Waals surface area contributed by atoms with Crippen molar-refractivity contribution in [2.75, 3.05) is 26.7 Å². The van der Waals surface area contributed by atoms with Gasteiger partial charge in [0.25, 0.3) is 0 Å². The van der Waals surface area contributed by atoms with Gasteiger partial charge in [-0.3, -0.25) is 9.69 Å². The number of rotatable bonds is 5. The first kappa shape index (κ1) is 21.7. The van der Waals surface area contributed by atoms with Crippen LogP contribution in [0.3, 0.4) is 0 Å². The smallest absolute Gasteiger partial charge is 0.234 e. The molecule has 0 unspecified atom stereocenters. The van der Waals surface area contributed by atoms with Crippen molar-refractivity contribution in [3.05, 3.63) is 95.1 Å². The first-order valence-corrected chi connectivity index (χ1v) is 11.2. The maximum atomic E-state index is 14.9. The number of aliphatic hydroxyl groups is 1. The fraction of sp³-hybridized carbons (Fsp3) is 0.296. The van der Waals surface area contributed by atoms with Crippen molar-refractivity contribution >= 4 is 5.91 Å². The van der Waals surface area contributed by atoms with Crippen LogP contribution in [0.25, 0.3) is 11.1 Å². The summed E-state index contributed by atoms with van der Waals surface area (Å²) in [4.78, 5) is 17.6. The summed E-state index contributed by atoms with van der Waals surface area (Å²) >= 11 is 0. The molecule has 33 heavy (non-hydrogen) atoms. The molecular formula is C27H26F2N2O2. The number of hydrogen-bond donors (Lipinski definition) is 1. The SMILES string of the molecule is CN(C(=O)C1c2ccccc2-c2ccccc21)[C@H](CN1CC[C@H](O)C1)c1ccc(F)cc1F. The van der Waals surface area contributed by atoms with Gasteiger partial charge in [0.15, 0.2) is 0 Å². The van der Waals surface area contributed by atoms with Crippen molar-refractivity contribution < 1.29 is 18.7 Å². The number of hydrogen-bond acceptors (Lipinski definition) is 3. The molecule has 0 spiro atoms. The number of carbonyl (C=O) groups is 1. The second-order valence-corrected chi connectivity index (χ2v) is 8.94. The quantitative estimate of drug-likeness (QED) is 0.632. The fourth-order valence-corrected chi connectivity index (χ4v) is 5.20. The predicted molar refractivity (Wildman–Crippen MR) is 123 cm³/mol. The molecule has 0 bridgehead atoms. The predicted octanol–water partition coefficient (Wildman–Crippen LogP) is 4.34. The summed E-state index contributed by atoms with van der Waals surface area (Å²) in [6.07, 6.45) is 0.206. The van der Waals surface area contributed by atoms with E-state index < -0.39 is 29.7 Å². The molecule has 1 N–H and O–H groups in total. The molecule has 4 nitrogen and oxygen atoms in total. The van der Waals surface area contributed by atoms with E-state index in [1.165, 1.54) is 12.1 Å². The van der Waals surface area contributed by atoms with E-state index in [1.807, 2.05) is 53.4 Å². The molecule has 3 aromatic rings. The summed E-state index contributed by atoms with van der Waals surface area (Å²) in [5.74, 6) is -1.95. The van der Waals surface area contributed by atoms with Crippen LogP contribution in [-0.4, -0.2) is 53.6 Å². The maximum absolute atomic E-state index is 14.9. The van der Waals surface area contributed by atoms with Crippen molar-refractivity contribution in [1.29, 1.82) is 0 Å². The molecule has 1 aliphatic heterocycles. The molecule has 6 heteroatoms. The van der Waals surface area contributed by atoms with E-state index in [-0.39, 0.29) is 11.5 Å². The number of amides is 1. The summed E-state index contributed by atoms with van der Waals surface area (Å²) in [5, 5.41) is 9.97. The van der Waals surface area contributed by atoms with Crippen LogP contribution in [0.5, 0.6) is 0 Å². The van der Waals surface area contributed by atoms with Gasteiger partial charge in [-0.25, -0.2) is 8.78 Å². The second kappa shape index (κ2) is 8.69. The van der Waals surface area contributed by atoms with Gasteiger partial charge in [0.1, 0.15) is 11.6 Å². The normalized spacial score (nSPS) is 18.7. The van der Waals surface area contributed by atoms with Crippen LogP contribution in [-0.2, 0) is 4.79 Å². The van der Waals surface area contributed by atoms with Crippen LogP contribution < -0.4 is 0 Å². The zero-order valence-electron chi connectivity index (χ0n) is 18.4. The number of likely N-dealkylation sites (N-methyl/N-ethyl adjacent to an activating group) is 1. The highest BCUT2D eigenvalue weighted by Crippen LogP contribution is 2.46. The van der Waals surface area contributed by atoms with E-state index in [9.17, 15) is 18.7 Å². The number of halogens is 2. The Balaban J connectivity index is 1.52. The highest BCUT2D eigenvalue weighted by Gasteiger charge is 2.38. The Labute approximate surface area is 192 Å². The van der Waals surface area contributed by atoms with Gasteiger partial charge in [-0.2, -0.15) is 0 Å². The molecule has 1 heterocycles. The van der Waals surface area contributed by atoms with E-state index in [0.29, 0.717) is 26.1 Å². The van der Waals surface area contributed by atoms with E-state index in [1.54, 1.807) is 11.9 Å². The van der Waals surface area contributed by atoms with Crippen molar-refractivity contribution in [2.45, 2.75) is 24.5 Å². The van der Waals surface area contributed by atoms with Crippen LogP contribution in [0, 0.1) is 11.6 Å². The highest BCUT2D eigenvalue weighted by molar-refractivity contribution is 5.96. The van der Waals surface area contributed by atoms with Gasteiger partial charge in [0, 0.05) is 38.3 Å². The summed E-state index contributed by atoms with van der Waals surface area (Å²) < 4.78 is 28.5. The van der Waals surface area contributed by atoms with Crippen LogP contribution in [0.15, 0.2) is 66.7 Å². The molecule has 2 aliphatic rings. The zero-order chi connectivity index (χ0) is 23.1. The average molecular weight is 449 g/mol. The summed E-state index contributed by atoms with van der Waals surface area (Å²) in [6, 6.07) is 18.6. The number of carbonyl (C=O) groups excluding carboxylic acids is 1. The van der Waals surface area contributed by atoms with Gasteiger partial charge in [-0.05, 0) is 34.7 Å². The number of β-amino-alcohol motifs (C(OH)–C–C–N with tert-alkyl or cyclic N) is 1. The number of aliphatic hydroxyl groups excluding tert-OH is 1. The lowest BCUT2D eigenvalue weighted by atomic mass is 9.94. The van der Waals surface area contributed by atoms with Crippen LogP contribution in [0.1, 0.15) is 35.1 Å². The molecule has 1 aliphatic carbocycles. The minimum Gasteiger partial charge on any atom is -0.392 e. The molecule has 1 fully saturated rings. The van der Waals surface area contributed by atoms with Crippen molar-refractivity contribution in [3.63, 3.8) is 0 Å². The Morgan fingerprint density at radius 3 is 2.27 bits per heavy atom. The Morgan fingerprint density at radius 1 is 1.06 bits per heavy atom. The molecule has 5 rings (SSSR count). The fourth-order valence-electron chi connectivity index (χ4n) is 5.20. The molecular weight excluding hydrogens is 422 g/mol. The van der Waals surface area contributed by atoms with Gasteiger partial charge in [0.05, 0.1) is 18.1 Å². The number of fused-ring (bicyclic) bond motifs is 3. The van der Waals surface area contributed by atoms with Gasteiger partial charge in [0.2, 0.25) is 5.91 Å². The lowest BCUT2D eigenvalue weighted by Gasteiger charge is -2.34. The molecule has 1 amide bonds. The lowest BCUT2D eigenvalue weighted by molar-refractivity contribution is -0.133. The monoisotopic (exact) mass is 448 g/mol. The minimum absolute atomic E-state index is 0.138. The average Bonchev–Trinajstić information content (AvgIpc) is 3.37. The van der Waals surface area contributed by atoms with Gasteiger partial charge in [-0.15, -0.1) is 0 Å². The summed E-state index contributed by atoms with van der Waals surface area (Å²) in [6.45, 7) is 1.49. The number of benzene rings is 3. The van der Waals surface area contributed by atoms with E-state index >= 15 is 0 Å². The van der Waals surface area contributed by atoms with Crippen molar-refractivity contribution in [1.82, 2.24) is 9.80 Å². The van der Waals surface area contributed by atoms with Crippen LogP contribution in [0.4, 0.5) is 8.78 Å². The van der Waals surface area contributed by atoms with E-state index in [2.05, 4.69) is 0 Å². The third-order valence-corrected chi connectivity index (χ3v) is 6.90. The van der Waals surface area contributed by atoms with E-state index in [0.717, 1.165) is 28.3 Å². The van der Waals surface area contributed by atoms with Crippen molar-refractivity contribution in [2.24, 2.45) is 0 Å². The molecule has 0 aromatic heterocycles. The summed E-state index contributed by atoms with van der Waals surface area (Å²) in [7, 11) is 1.69. The molecule has 2 atom stereocenters. The maximum Gasteiger partial charge on any atom is 0.234 e. The zero-order valence-corrected chi connectivity index (χ0v) is 18.4. The topological polar surface area (TPSA) is 43.8 Å². The van der Waals surface area contributed by atoms with Gasteiger partial charge in [-0.1, -0.05) is 54.6 Å². The Hall–Kier alpha value is -3.09. The third kappa shape index (κ3) is 3.94. The Bertz CT molecular complexity index is 1150. The Morgan fingerprint density at radius 2 is 1.70 bits per heavy atom. The molecule has 1 saturated heterocycles. The van der Waals surface area contributed by atoms with Crippen molar-refractivity contribution in [3.8, 4) is 11.1 Å². The third-order valence-electron chi connectivity index (χ3n) is 6.90. The second-order valence-electron chi connectivity index (χ2n) is 8.94. The molecule has 0 radical (unpaired) electrons. The first-order chi connectivity index (χ1) is 15.9. The van der Waals surface area contributed by atoms with Crippen LogP contribution in [0.2, 0.25) is 0 Å². The molecule has 0 saturated carbocycles. The minimum atomic E-state index is -0.674. The molecule has 3 aromatic carbocycles. The lowest BCUT2D eigenvalue weighted by Crippen LogP contribution is -2.41. The molecule has 170 valence electrons. The van der Waals surface area contributed by atoms with Gasteiger partial charge >= 0.3 is 0 Å². The van der Waals surface area contributed by atoms with E-state index in [4.69, 9.17) is 0 Å².